The molecule has 0 bridgehead atoms. The van der Waals surface area contributed by atoms with E-state index in [0.717, 1.165) is 10.0 Å². The van der Waals surface area contributed by atoms with Crippen molar-refractivity contribution in [3.8, 4) is 0 Å². The minimum Gasteiger partial charge on any atom is -0.383 e. The molecular weight excluding hydrogens is 254 g/mol. The Balaban J connectivity index is 2.96. The highest BCUT2D eigenvalue weighted by Crippen LogP contribution is 2.18. The minimum absolute atomic E-state index is 0.0132. The molecule has 1 aromatic carbocycles. The van der Waals surface area contributed by atoms with E-state index in [1.54, 1.807) is 12.3 Å². The van der Waals surface area contributed by atoms with Gasteiger partial charge in [-0.2, -0.15) is 0 Å². The average molecular weight is 268 g/mol. The number of benzene rings is 1. The quantitative estimate of drug-likeness (QED) is 0.620. The maximum absolute atomic E-state index is 11.8. The van der Waals surface area contributed by atoms with Gasteiger partial charge in [0.1, 0.15) is 0 Å². The lowest BCUT2D eigenvalue weighted by Gasteiger charge is -2.04. The van der Waals surface area contributed by atoms with Crippen LogP contribution < -0.4 is 0 Å². The Morgan fingerprint density at radius 1 is 1.40 bits per heavy atom. The third-order valence-corrected chi connectivity index (χ3v) is 2.60. The molecule has 80 valence electrons. The molecule has 15 heavy (non-hydrogen) atoms. The summed E-state index contributed by atoms with van der Waals surface area (Å²) in [6.45, 7) is 1.97. The van der Waals surface area contributed by atoms with Crippen molar-refractivity contribution in [3.63, 3.8) is 0 Å². The molecule has 0 saturated heterocycles. The van der Waals surface area contributed by atoms with Crippen LogP contribution in [-0.2, 0) is 0 Å². The molecule has 0 radical (unpaired) electrons. The summed E-state index contributed by atoms with van der Waals surface area (Å²) in [6.07, 6.45) is 3.32. The van der Waals surface area contributed by atoms with Crippen molar-refractivity contribution in [2.45, 2.75) is 6.92 Å². The summed E-state index contributed by atoms with van der Waals surface area (Å²) in [4.78, 5) is 13.6. The average Bonchev–Trinajstić information content (AvgIpc) is 2.18. The second-order valence-electron chi connectivity index (χ2n) is 3.63. The SMILES string of the molecule is Cc1ccc(Br)c(C(=O)/C=C/N(C)C)c1. The van der Waals surface area contributed by atoms with Crippen LogP contribution in [0.25, 0.3) is 0 Å². The van der Waals surface area contributed by atoms with Crippen LogP contribution in [0.15, 0.2) is 34.9 Å². The van der Waals surface area contributed by atoms with Gasteiger partial charge in [0.05, 0.1) is 0 Å². The van der Waals surface area contributed by atoms with E-state index < -0.39 is 0 Å². The first-order chi connectivity index (χ1) is 7.00. The van der Waals surface area contributed by atoms with Gasteiger partial charge in [-0.15, -0.1) is 0 Å². The van der Waals surface area contributed by atoms with Crippen LogP contribution in [-0.4, -0.2) is 24.8 Å². The number of ketones is 1. The summed E-state index contributed by atoms with van der Waals surface area (Å²) in [5.41, 5.74) is 1.79. The van der Waals surface area contributed by atoms with Crippen molar-refractivity contribution >= 4 is 21.7 Å². The second kappa shape index (κ2) is 5.12. The van der Waals surface area contributed by atoms with E-state index in [9.17, 15) is 4.79 Å². The third kappa shape index (κ3) is 3.51. The van der Waals surface area contributed by atoms with E-state index in [-0.39, 0.29) is 5.78 Å². The molecule has 0 spiro atoms. The first-order valence-electron chi connectivity index (χ1n) is 4.66. The van der Waals surface area contributed by atoms with E-state index in [0.29, 0.717) is 5.56 Å². The summed E-state index contributed by atoms with van der Waals surface area (Å²) in [5, 5.41) is 0. The molecule has 0 aliphatic carbocycles. The zero-order chi connectivity index (χ0) is 11.4. The standard InChI is InChI=1S/C12H14BrNO/c1-9-4-5-11(13)10(8-9)12(15)6-7-14(2)3/h4-8H,1-3H3/b7-6+. The number of rotatable bonds is 3. The predicted molar refractivity (Wildman–Crippen MR) is 66.0 cm³/mol. The van der Waals surface area contributed by atoms with Crippen molar-refractivity contribution in [3.05, 3.63) is 46.1 Å². The van der Waals surface area contributed by atoms with Gasteiger partial charge < -0.3 is 4.90 Å². The van der Waals surface area contributed by atoms with Crippen LogP contribution in [0.3, 0.4) is 0 Å². The van der Waals surface area contributed by atoms with Crippen LogP contribution >= 0.6 is 15.9 Å². The number of aryl methyl sites for hydroxylation is 1. The third-order valence-electron chi connectivity index (χ3n) is 1.91. The lowest BCUT2D eigenvalue weighted by Crippen LogP contribution is -2.03. The van der Waals surface area contributed by atoms with Gasteiger partial charge in [-0.05, 0) is 19.1 Å². The summed E-state index contributed by atoms with van der Waals surface area (Å²) in [5.74, 6) is 0.0132. The van der Waals surface area contributed by atoms with Gasteiger partial charge in [-0.25, -0.2) is 0 Å². The summed E-state index contributed by atoms with van der Waals surface area (Å²) in [6, 6.07) is 5.75. The Bertz CT molecular complexity index is 397. The minimum atomic E-state index is 0.0132. The second-order valence-corrected chi connectivity index (χ2v) is 4.48. The topological polar surface area (TPSA) is 20.3 Å². The van der Waals surface area contributed by atoms with Crippen molar-refractivity contribution in [1.29, 1.82) is 0 Å². The molecule has 0 N–H and O–H groups in total. The number of hydrogen-bond donors (Lipinski definition) is 0. The predicted octanol–water partition coefficient (Wildman–Crippen LogP) is 3.02. The molecule has 0 aliphatic heterocycles. The number of hydrogen-bond acceptors (Lipinski definition) is 2. The van der Waals surface area contributed by atoms with E-state index >= 15 is 0 Å². The fraction of sp³-hybridized carbons (Fsp3) is 0.250. The van der Waals surface area contributed by atoms with Crippen LogP contribution in [0, 0.1) is 6.92 Å². The first-order valence-corrected chi connectivity index (χ1v) is 5.45. The van der Waals surface area contributed by atoms with Gasteiger partial charge in [-0.1, -0.05) is 27.6 Å². The molecule has 2 nitrogen and oxygen atoms in total. The number of halogens is 1. The fourth-order valence-electron chi connectivity index (χ4n) is 1.13. The molecule has 0 atom stereocenters. The molecule has 0 fully saturated rings. The maximum atomic E-state index is 11.8. The molecular formula is C12H14BrNO. The van der Waals surface area contributed by atoms with Gasteiger partial charge in [0.25, 0.3) is 0 Å². The molecule has 0 aliphatic rings. The zero-order valence-electron chi connectivity index (χ0n) is 9.12. The number of carbonyl (C=O) groups is 1. The van der Waals surface area contributed by atoms with Crippen molar-refractivity contribution in [2.24, 2.45) is 0 Å². The van der Waals surface area contributed by atoms with Crippen molar-refractivity contribution < 1.29 is 4.79 Å². The highest BCUT2D eigenvalue weighted by Gasteiger charge is 2.06. The lowest BCUT2D eigenvalue weighted by molar-refractivity contribution is 0.104. The van der Waals surface area contributed by atoms with E-state index in [4.69, 9.17) is 0 Å². The van der Waals surface area contributed by atoms with Gasteiger partial charge in [0.2, 0.25) is 0 Å². The van der Waals surface area contributed by atoms with E-state index in [2.05, 4.69) is 15.9 Å². The summed E-state index contributed by atoms with van der Waals surface area (Å²) < 4.78 is 0.835. The molecule has 3 heteroatoms. The maximum Gasteiger partial charge on any atom is 0.188 e. The Labute approximate surface area is 98.7 Å². The molecule has 0 heterocycles. The number of carbonyl (C=O) groups excluding carboxylic acids is 1. The number of allylic oxidation sites excluding steroid dienone is 1. The van der Waals surface area contributed by atoms with Crippen molar-refractivity contribution in [1.82, 2.24) is 4.90 Å². The zero-order valence-corrected chi connectivity index (χ0v) is 10.7. The molecule has 0 saturated carbocycles. The highest BCUT2D eigenvalue weighted by molar-refractivity contribution is 9.10. The molecule has 0 aromatic heterocycles. The van der Waals surface area contributed by atoms with Crippen molar-refractivity contribution in [2.75, 3.05) is 14.1 Å². The Kier molecular flexibility index (Phi) is 4.09. The monoisotopic (exact) mass is 267 g/mol. The Morgan fingerprint density at radius 3 is 2.67 bits per heavy atom. The summed E-state index contributed by atoms with van der Waals surface area (Å²) in [7, 11) is 3.77. The van der Waals surface area contributed by atoms with Gasteiger partial charge >= 0.3 is 0 Å². The molecule has 0 amide bonds. The first kappa shape index (κ1) is 12.0. The van der Waals surface area contributed by atoms with Gasteiger partial charge in [0, 0.05) is 36.4 Å². The van der Waals surface area contributed by atoms with Gasteiger partial charge in [-0.3, -0.25) is 4.79 Å². The van der Waals surface area contributed by atoms with Crippen LogP contribution in [0.1, 0.15) is 15.9 Å². The Hall–Kier alpha value is -1.09. The lowest BCUT2D eigenvalue weighted by atomic mass is 10.1. The van der Waals surface area contributed by atoms with Crippen LogP contribution in [0.4, 0.5) is 0 Å². The van der Waals surface area contributed by atoms with Crippen LogP contribution in [0.5, 0.6) is 0 Å². The summed E-state index contributed by atoms with van der Waals surface area (Å²) >= 11 is 3.37. The van der Waals surface area contributed by atoms with Gasteiger partial charge in [0.15, 0.2) is 5.78 Å². The Morgan fingerprint density at radius 2 is 2.07 bits per heavy atom. The van der Waals surface area contributed by atoms with E-state index in [1.807, 2.05) is 44.1 Å². The smallest absolute Gasteiger partial charge is 0.188 e. The normalized spacial score (nSPS) is 10.7. The largest absolute Gasteiger partial charge is 0.383 e. The van der Waals surface area contributed by atoms with E-state index in [1.165, 1.54) is 0 Å². The number of nitrogens with zero attached hydrogens (tertiary/aromatic N) is 1. The molecule has 0 unspecified atom stereocenters. The highest BCUT2D eigenvalue weighted by atomic mass is 79.9. The fourth-order valence-corrected chi connectivity index (χ4v) is 1.58. The molecule has 1 aromatic rings. The van der Waals surface area contributed by atoms with Crippen LogP contribution in [0.2, 0.25) is 0 Å². The molecule has 1 rings (SSSR count).